The van der Waals surface area contributed by atoms with Crippen LogP contribution in [0.1, 0.15) is 23.7 Å². The molecule has 1 N–H and O–H groups in total. The normalized spacial score (nSPS) is 15.7. The van der Waals surface area contributed by atoms with Gasteiger partial charge in [0.25, 0.3) is 0 Å². The lowest BCUT2D eigenvalue weighted by atomic mass is 10.1. The summed E-state index contributed by atoms with van der Waals surface area (Å²) in [5, 5.41) is 3.32. The largest absolute Gasteiger partial charge is 0.469 e. The van der Waals surface area contributed by atoms with Crippen molar-refractivity contribution in [3.63, 3.8) is 0 Å². The van der Waals surface area contributed by atoms with Gasteiger partial charge in [0.05, 0.1) is 13.2 Å². The van der Waals surface area contributed by atoms with E-state index in [-0.39, 0.29) is 6.10 Å². The Labute approximate surface area is 102 Å². The highest BCUT2D eigenvalue weighted by atomic mass is 16.6. The van der Waals surface area contributed by atoms with Crippen LogP contribution < -0.4 is 10.1 Å². The fraction of sp³-hybridized carbons (Fsp3) is 0.615. The third-order valence-corrected chi connectivity index (χ3v) is 2.88. The SMILES string of the molecule is CCNCc1c(C)cc(C)nc1OC1COC1. The van der Waals surface area contributed by atoms with Gasteiger partial charge in [-0.1, -0.05) is 6.92 Å². The van der Waals surface area contributed by atoms with E-state index in [2.05, 4.69) is 30.2 Å². The van der Waals surface area contributed by atoms with Crippen LogP contribution in [0.15, 0.2) is 6.07 Å². The molecule has 4 nitrogen and oxygen atoms in total. The molecule has 0 radical (unpaired) electrons. The van der Waals surface area contributed by atoms with E-state index in [1.807, 2.05) is 6.92 Å². The Kier molecular flexibility index (Phi) is 3.97. The van der Waals surface area contributed by atoms with Gasteiger partial charge in [-0.3, -0.25) is 0 Å². The van der Waals surface area contributed by atoms with Crippen LogP contribution in [0.4, 0.5) is 0 Å². The Bertz CT molecular complexity index is 389. The number of aryl methyl sites for hydroxylation is 2. The molecule has 0 aliphatic carbocycles. The molecule has 1 aliphatic rings. The molecule has 1 aliphatic heterocycles. The van der Waals surface area contributed by atoms with E-state index >= 15 is 0 Å². The van der Waals surface area contributed by atoms with Gasteiger partial charge in [0.15, 0.2) is 0 Å². The molecule has 17 heavy (non-hydrogen) atoms. The van der Waals surface area contributed by atoms with Gasteiger partial charge in [-0.25, -0.2) is 4.98 Å². The zero-order chi connectivity index (χ0) is 12.3. The maximum Gasteiger partial charge on any atom is 0.218 e. The summed E-state index contributed by atoms with van der Waals surface area (Å²) in [7, 11) is 0. The van der Waals surface area contributed by atoms with Gasteiger partial charge >= 0.3 is 0 Å². The molecule has 1 aromatic rings. The third kappa shape index (κ3) is 2.96. The Balaban J connectivity index is 2.19. The summed E-state index contributed by atoms with van der Waals surface area (Å²) >= 11 is 0. The van der Waals surface area contributed by atoms with E-state index in [9.17, 15) is 0 Å². The highest BCUT2D eigenvalue weighted by Crippen LogP contribution is 2.23. The van der Waals surface area contributed by atoms with Crippen molar-refractivity contribution < 1.29 is 9.47 Å². The second kappa shape index (κ2) is 5.47. The number of rotatable bonds is 5. The molecule has 1 saturated heterocycles. The second-order valence-corrected chi connectivity index (χ2v) is 4.42. The number of nitrogens with one attached hydrogen (secondary N) is 1. The lowest BCUT2D eigenvalue weighted by Crippen LogP contribution is -2.39. The number of hydrogen-bond acceptors (Lipinski definition) is 4. The quantitative estimate of drug-likeness (QED) is 0.843. The van der Waals surface area contributed by atoms with Gasteiger partial charge in [0.2, 0.25) is 5.88 Å². The van der Waals surface area contributed by atoms with Gasteiger partial charge in [0, 0.05) is 17.8 Å². The molecule has 0 unspecified atom stereocenters. The third-order valence-electron chi connectivity index (χ3n) is 2.88. The van der Waals surface area contributed by atoms with Crippen molar-refractivity contribution in [3.05, 3.63) is 22.9 Å². The minimum atomic E-state index is 0.170. The molecule has 0 aromatic carbocycles. The number of aromatic nitrogens is 1. The van der Waals surface area contributed by atoms with Crippen LogP contribution in [0.25, 0.3) is 0 Å². The molecule has 0 saturated carbocycles. The summed E-state index contributed by atoms with van der Waals surface area (Å²) in [5.41, 5.74) is 3.39. The van der Waals surface area contributed by atoms with Crippen LogP contribution >= 0.6 is 0 Å². The average Bonchev–Trinajstić information content (AvgIpc) is 2.22. The van der Waals surface area contributed by atoms with Crippen LogP contribution in [0.3, 0.4) is 0 Å². The van der Waals surface area contributed by atoms with Crippen molar-refractivity contribution in [2.45, 2.75) is 33.4 Å². The predicted molar refractivity (Wildman–Crippen MR) is 66.3 cm³/mol. The van der Waals surface area contributed by atoms with E-state index in [0.717, 1.165) is 30.2 Å². The van der Waals surface area contributed by atoms with Crippen molar-refractivity contribution in [2.24, 2.45) is 0 Å². The molecule has 1 fully saturated rings. The van der Waals surface area contributed by atoms with E-state index in [0.29, 0.717) is 13.2 Å². The minimum Gasteiger partial charge on any atom is -0.469 e. The van der Waals surface area contributed by atoms with Crippen LogP contribution in [0, 0.1) is 13.8 Å². The lowest BCUT2D eigenvalue weighted by molar-refractivity contribution is -0.0817. The summed E-state index contributed by atoms with van der Waals surface area (Å²) in [6.07, 6.45) is 0.170. The zero-order valence-electron chi connectivity index (χ0n) is 10.7. The van der Waals surface area contributed by atoms with E-state index in [1.54, 1.807) is 0 Å². The summed E-state index contributed by atoms with van der Waals surface area (Å²) in [6.45, 7) is 9.29. The smallest absolute Gasteiger partial charge is 0.218 e. The molecule has 0 bridgehead atoms. The van der Waals surface area contributed by atoms with E-state index in [4.69, 9.17) is 9.47 Å². The standard InChI is InChI=1S/C13H20N2O2/c1-4-14-6-12-9(2)5-10(3)15-13(12)17-11-7-16-8-11/h5,11,14H,4,6-8H2,1-3H3. The van der Waals surface area contributed by atoms with Crippen LogP contribution in [-0.4, -0.2) is 30.8 Å². The molecule has 2 rings (SSSR count). The second-order valence-electron chi connectivity index (χ2n) is 4.42. The van der Waals surface area contributed by atoms with Gasteiger partial charge in [-0.2, -0.15) is 0 Å². The number of nitrogens with zero attached hydrogens (tertiary/aromatic N) is 1. The fourth-order valence-corrected chi connectivity index (χ4v) is 1.83. The highest BCUT2D eigenvalue weighted by Gasteiger charge is 2.22. The molecule has 1 aromatic heterocycles. The monoisotopic (exact) mass is 236 g/mol. The summed E-state index contributed by atoms with van der Waals surface area (Å²) in [6, 6.07) is 2.09. The van der Waals surface area contributed by atoms with Crippen molar-refractivity contribution in [2.75, 3.05) is 19.8 Å². The summed E-state index contributed by atoms with van der Waals surface area (Å²) in [4.78, 5) is 4.49. The lowest BCUT2D eigenvalue weighted by Gasteiger charge is -2.27. The molecule has 0 amide bonds. The topological polar surface area (TPSA) is 43.4 Å². The predicted octanol–water partition coefficient (Wildman–Crippen LogP) is 1.59. The van der Waals surface area contributed by atoms with Crippen molar-refractivity contribution >= 4 is 0 Å². The highest BCUT2D eigenvalue weighted by molar-refractivity contribution is 5.36. The van der Waals surface area contributed by atoms with E-state index < -0.39 is 0 Å². The first-order valence-electron chi connectivity index (χ1n) is 6.13. The molecule has 2 heterocycles. The van der Waals surface area contributed by atoms with Crippen molar-refractivity contribution in [1.29, 1.82) is 0 Å². The van der Waals surface area contributed by atoms with Gasteiger partial charge in [0.1, 0.15) is 6.10 Å². The first-order chi connectivity index (χ1) is 8.20. The number of pyridine rings is 1. The molecule has 4 heteroatoms. The fourth-order valence-electron chi connectivity index (χ4n) is 1.83. The summed E-state index contributed by atoms with van der Waals surface area (Å²) < 4.78 is 11.0. The van der Waals surface area contributed by atoms with E-state index in [1.165, 1.54) is 5.56 Å². The average molecular weight is 236 g/mol. The zero-order valence-corrected chi connectivity index (χ0v) is 10.7. The van der Waals surface area contributed by atoms with Crippen LogP contribution in [0.2, 0.25) is 0 Å². The molecular weight excluding hydrogens is 216 g/mol. The van der Waals surface area contributed by atoms with Gasteiger partial charge in [-0.15, -0.1) is 0 Å². The minimum absolute atomic E-state index is 0.170. The van der Waals surface area contributed by atoms with Crippen LogP contribution in [0.5, 0.6) is 5.88 Å². The molecule has 94 valence electrons. The molecule has 0 spiro atoms. The molecule has 0 atom stereocenters. The maximum atomic E-state index is 5.86. The summed E-state index contributed by atoms with van der Waals surface area (Å²) in [5.74, 6) is 0.761. The number of ether oxygens (including phenoxy) is 2. The van der Waals surface area contributed by atoms with Gasteiger partial charge < -0.3 is 14.8 Å². The number of hydrogen-bond donors (Lipinski definition) is 1. The Morgan fingerprint density at radius 2 is 2.24 bits per heavy atom. The van der Waals surface area contributed by atoms with Crippen molar-refractivity contribution in [3.8, 4) is 5.88 Å². The maximum absolute atomic E-state index is 5.86. The Morgan fingerprint density at radius 1 is 1.47 bits per heavy atom. The first-order valence-corrected chi connectivity index (χ1v) is 6.13. The first kappa shape index (κ1) is 12.3. The molecular formula is C13H20N2O2. The Morgan fingerprint density at radius 3 is 2.82 bits per heavy atom. The van der Waals surface area contributed by atoms with Gasteiger partial charge in [-0.05, 0) is 32.0 Å². The van der Waals surface area contributed by atoms with Crippen molar-refractivity contribution in [1.82, 2.24) is 10.3 Å². The Hall–Kier alpha value is -1.13. The van der Waals surface area contributed by atoms with Crippen LogP contribution in [-0.2, 0) is 11.3 Å².